The van der Waals surface area contributed by atoms with Crippen molar-refractivity contribution in [3.63, 3.8) is 0 Å². The molecule has 0 fully saturated rings. The minimum Gasteiger partial charge on any atom is -0.497 e. The largest absolute Gasteiger partial charge is 0.497 e. The number of nitrogens with zero attached hydrogens (tertiary/aromatic N) is 1. The lowest BCUT2D eigenvalue weighted by Gasteiger charge is -2.26. The molecule has 1 rings (SSSR count). The average molecular weight is 226 g/mol. The van der Waals surface area contributed by atoms with Gasteiger partial charge in [0.2, 0.25) is 0 Å². The van der Waals surface area contributed by atoms with Gasteiger partial charge in [-0.25, -0.2) is 0 Å². The van der Waals surface area contributed by atoms with E-state index >= 15 is 0 Å². The number of allylic oxidation sites excluding steroid dienone is 1. The third-order valence-electron chi connectivity index (χ3n) is 3.14. The van der Waals surface area contributed by atoms with E-state index < -0.39 is 0 Å². The quantitative estimate of drug-likeness (QED) is 0.718. The first-order valence-corrected chi connectivity index (χ1v) is 6.52. The van der Waals surface area contributed by atoms with Gasteiger partial charge in [0.05, 0.1) is 6.26 Å². The summed E-state index contributed by atoms with van der Waals surface area (Å²) in [5, 5.41) is 3.55. The standard InChI is InChI=1S/C13H26N2O/c1-4-15(5-2)11-12(3)14-10-13-8-6-7-9-16-13/h7,9,12-14H,4-6,8,10-11H2,1-3H3. The van der Waals surface area contributed by atoms with E-state index in [0.717, 1.165) is 39.0 Å². The smallest absolute Gasteiger partial charge is 0.110 e. The van der Waals surface area contributed by atoms with Gasteiger partial charge in [-0.15, -0.1) is 0 Å². The Bertz CT molecular complexity index is 202. The Kier molecular flexibility index (Phi) is 6.50. The van der Waals surface area contributed by atoms with Crippen LogP contribution in [-0.4, -0.2) is 43.2 Å². The molecule has 1 heterocycles. The van der Waals surface area contributed by atoms with E-state index in [0.29, 0.717) is 12.1 Å². The molecule has 0 aromatic carbocycles. The summed E-state index contributed by atoms with van der Waals surface area (Å²) in [5.74, 6) is 0. The van der Waals surface area contributed by atoms with Crippen LogP contribution < -0.4 is 5.32 Å². The molecule has 0 aliphatic carbocycles. The number of nitrogens with one attached hydrogen (secondary N) is 1. The van der Waals surface area contributed by atoms with E-state index in [1.807, 2.05) is 6.26 Å². The predicted molar refractivity (Wildman–Crippen MR) is 68.5 cm³/mol. The Labute approximate surface area is 99.8 Å². The fraction of sp³-hybridized carbons (Fsp3) is 0.846. The van der Waals surface area contributed by atoms with Gasteiger partial charge in [0, 0.05) is 19.1 Å². The Morgan fingerprint density at radius 3 is 2.75 bits per heavy atom. The number of hydrogen-bond donors (Lipinski definition) is 1. The monoisotopic (exact) mass is 226 g/mol. The molecule has 2 unspecified atom stereocenters. The molecule has 3 nitrogen and oxygen atoms in total. The van der Waals surface area contributed by atoms with Crippen molar-refractivity contribution in [3.05, 3.63) is 12.3 Å². The lowest BCUT2D eigenvalue weighted by Crippen LogP contribution is -2.42. The first-order valence-electron chi connectivity index (χ1n) is 6.52. The normalized spacial score (nSPS) is 22.1. The summed E-state index contributed by atoms with van der Waals surface area (Å²) >= 11 is 0. The Hall–Kier alpha value is -0.540. The molecule has 0 amide bonds. The molecule has 1 aliphatic heterocycles. The highest BCUT2D eigenvalue weighted by Gasteiger charge is 2.13. The van der Waals surface area contributed by atoms with Gasteiger partial charge in [-0.05, 0) is 38.9 Å². The molecule has 0 radical (unpaired) electrons. The van der Waals surface area contributed by atoms with Gasteiger partial charge >= 0.3 is 0 Å². The van der Waals surface area contributed by atoms with Crippen molar-refractivity contribution in [2.75, 3.05) is 26.2 Å². The minimum atomic E-state index is 0.365. The molecule has 0 saturated carbocycles. The zero-order chi connectivity index (χ0) is 11.8. The molecule has 0 bridgehead atoms. The van der Waals surface area contributed by atoms with Gasteiger partial charge < -0.3 is 15.0 Å². The first-order chi connectivity index (χ1) is 7.76. The van der Waals surface area contributed by atoms with Crippen LogP contribution in [0.4, 0.5) is 0 Å². The van der Waals surface area contributed by atoms with Crippen LogP contribution in [0.5, 0.6) is 0 Å². The SMILES string of the molecule is CCN(CC)CC(C)NCC1CCC=CO1. The molecule has 0 aromatic heterocycles. The molecule has 94 valence electrons. The molecular formula is C13H26N2O. The molecule has 0 saturated heterocycles. The highest BCUT2D eigenvalue weighted by molar-refractivity contribution is 4.83. The zero-order valence-electron chi connectivity index (χ0n) is 10.9. The van der Waals surface area contributed by atoms with Crippen LogP contribution in [0.25, 0.3) is 0 Å². The second-order valence-electron chi connectivity index (χ2n) is 4.50. The van der Waals surface area contributed by atoms with Crippen molar-refractivity contribution in [1.82, 2.24) is 10.2 Å². The van der Waals surface area contributed by atoms with Crippen molar-refractivity contribution in [3.8, 4) is 0 Å². The van der Waals surface area contributed by atoms with Crippen molar-refractivity contribution in [1.29, 1.82) is 0 Å². The summed E-state index contributed by atoms with van der Waals surface area (Å²) < 4.78 is 5.53. The van der Waals surface area contributed by atoms with Gasteiger partial charge in [0.15, 0.2) is 0 Å². The molecule has 0 spiro atoms. The van der Waals surface area contributed by atoms with Crippen LogP contribution in [0.2, 0.25) is 0 Å². The van der Waals surface area contributed by atoms with E-state index in [4.69, 9.17) is 4.74 Å². The number of ether oxygens (including phenoxy) is 1. The topological polar surface area (TPSA) is 24.5 Å². The molecular weight excluding hydrogens is 200 g/mol. The fourth-order valence-corrected chi connectivity index (χ4v) is 2.00. The van der Waals surface area contributed by atoms with E-state index in [9.17, 15) is 0 Å². The van der Waals surface area contributed by atoms with Gasteiger partial charge in [-0.1, -0.05) is 13.8 Å². The maximum atomic E-state index is 5.53. The van der Waals surface area contributed by atoms with Crippen LogP contribution in [0.15, 0.2) is 12.3 Å². The zero-order valence-corrected chi connectivity index (χ0v) is 10.9. The van der Waals surface area contributed by atoms with Gasteiger partial charge in [0.1, 0.15) is 6.10 Å². The lowest BCUT2D eigenvalue weighted by molar-refractivity contribution is 0.117. The summed E-state index contributed by atoms with van der Waals surface area (Å²) in [6.07, 6.45) is 6.59. The summed E-state index contributed by atoms with van der Waals surface area (Å²) in [5.41, 5.74) is 0. The highest BCUT2D eigenvalue weighted by Crippen LogP contribution is 2.09. The summed E-state index contributed by atoms with van der Waals surface area (Å²) in [6.45, 7) is 11.0. The van der Waals surface area contributed by atoms with E-state index in [1.165, 1.54) is 0 Å². The Balaban J connectivity index is 2.13. The summed E-state index contributed by atoms with van der Waals surface area (Å²) in [7, 11) is 0. The highest BCUT2D eigenvalue weighted by atomic mass is 16.5. The Morgan fingerprint density at radius 1 is 1.44 bits per heavy atom. The van der Waals surface area contributed by atoms with Crippen LogP contribution in [0, 0.1) is 0 Å². The first kappa shape index (κ1) is 13.5. The number of likely N-dealkylation sites (N-methyl/N-ethyl adjacent to an activating group) is 1. The van der Waals surface area contributed by atoms with Crippen molar-refractivity contribution >= 4 is 0 Å². The molecule has 16 heavy (non-hydrogen) atoms. The third kappa shape index (κ3) is 4.99. The van der Waals surface area contributed by atoms with Crippen LogP contribution in [0.3, 0.4) is 0 Å². The number of hydrogen-bond acceptors (Lipinski definition) is 3. The van der Waals surface area contributed by atoms with Crippen LogP contribution >= 0.6 is 0 Å². The lowest BCUT2D eigenvalue weighted by atomic mass is 10.1. The van der Waals surface area contributed by atoms with Crippen molar-refractivity contribution in [2.24, 2.45) is 0 Å². The van der Waals surface area contributed by atoms with Gasteiger partial charge in [-0.3, -0.25) is 0 Å². The summed E-state index contributed by atoms with van der Waals surface area (Å²) in [4.78, 5) is 2.44. The maximum Gasteiger partial charge on any atom is 0.110 e. The van der Waals surface area contributed by atoms with Gasteiger partial charge in [0.25, 0.3) is 0 Å². The van der Waals surface area contributed by atoms with Gasteiger partial charge in [-0.2, -0.15) is 0 Å². The number of rotatable bonds is 7. The molecule has 1 aliphatic rings. The third-order valence-corrected chi connectivity index (χ3v) is 3.14. The second kappa shape index (κ2) is 7.69. The summed E-state index contributed by atoms with van der Waals surface area (Å²) in [6, 6.07) is 0.536. The average Bonchev–Trinajstić information content (AvgIpc) is 2.34. The van der Waals surface area contributed by atoms with E-state index in [-0.39, 0.29) is 0 Å². The van der Waals surface area contributed by atoms with Crippen LogP contribution in [0.1, 0.15) is 33.6 Å². The minimum absolute atomic E-state index is 0.365. The molecule has 3 heteroatoms. The van der Waals surface area contributed by atoms with Crippen molar-refractivity contribution < 1.29 is 4.74 Å². The maximum absolute atomic E-state index is 5.53. The van der Waals surface area contributed by atoms with E-state index in [2.05, 4.69) is 37.1 Å². The Morgan fingerprint density at radius 2 is 2.19 bits per heavy atom. The second-order valence-corrected chi connectivity index (χ2v) is 4.50. The molecule has 0 aromatic rings. The molecule has 2 atom stereocenters. The molecule has 1 N–H and O–H groups in total. The van der Waals surface area contributed by atoms with Crippen LogP contribution in [-0.2, 0) is 4.74 Å². The van der Waals surface area contributed by atoms with Crippen molar-refractivity contribution in [2.45, 2.75) is 45.8 Å². The van der Waals surface area contributed by atoms with E-state index in [1.54, 1.807) is 0 Å². The fourth-order valence-electron chi connectivity index (χ4n) is 2.00. The predicted octanol–water partition coefficient (Wildman–Crippen LogP) is 2.00.